The molecule has 0 N–H and O–H groups in total. The first kappa shape index (κ1) is 51.0. The first-order valence-corrected chi connectivity index (χ1v) is 28.0. The maximum absolute atomic E-state index is 16.1. The fraction of sp³-hybridized carbons (Fsp3) is 0.0938. The summed E-state index contributed by atoms with van der Waals surface area (Å²) in [6.45, 7) is -0.964. The predicted molar refractivity (Wildman–Crippen MR) is 319 cm³/mol. The van der Waals surface area contributed by atoms with E-state index in [2.05, 4.69) is 0 Å². The van der Waals surface area contributed by atoms with Gasteiger partial charge in [0.15, 0.2) is 0 Å². The summed E-state index contributed by atoms with van der Waals surface area (Å²) in [5.41, 5.74) is 2.17. The minimum Gasteiger partial charge on any atom is -0.459 e. The van der Waals surface area contributed by atoms with Gasteiger partial charge < -0.3 is 18.9 Å². The van der Waals surface area contributed by atoms with E-state index in [9.17, 15) is 0 Å². The van der Waals surface area contributed by atoms with E-state index in [0.29, 0.717) is 72.4 Å². The normalized spacial score (nSPS) is 14.9. The molecule has 0 atom stereocenters. The number of rotatable bonds is 14. The maximum Gasteiger partial charge on any atom is 0.333 e. The highest BCUT2D eigenvalue weighted by Crippen LogP contribution is 2.64. The fourth-order valence-electron chi connectivity index (χ4n) is 10.5. The van der Waals surface area contributed by atoms with Gasteiger partial charge in [0, 0.05) is 59.8 Å². The molecule has 0 saturated carbocycles. The van der Waals surface area contributed by atoms with Crippen LogP contribution < -0.4 is 0 Å². The molecule has 14 heteroatoms. The summed E-state index contributed by atoms with van der Waals surface area (Å²) < 4.78 is 25.4. The third-order valence-electron chi connectivity index (χ3n) is 14.2. The first-order valence-electron chi connectivity index (χ1n) is 24.7. The van der Waals surface area contributed by atoms with Crippen molar-refractivity contribution in [3.05, 3.63) is 270 Å². The highest BCUT2D eigenvalue weighted by atomic mass is 32.1. The smallest absolute Gasteiger partial charge is 0.333 e. The van der Waals surface area contributed by atoms with Gasteiger partial charge in [0.1, 0.15) is 26.4 Å². The number of carbonyl (C=O) groups excluding carboxylic acids is 4. The van der Waals surface area contributed by atoms with Gasteiger partial charge in [-0.05, 0) is 52.1 Å². The van der Waals surface area contributed by atoms with Gasteiger partial charge in [-0.2, -0.15) is 0 Å². The molecule has 4 aliphatic rings. The van der Waals surface area contributed by atoms with Crippen LogP contribution in [0.2, 0.25) is 0 Å². The Hall–Kier alpha value is -7.82. The first-order chi connectivity index (χ1) is 38.0. The van der Waals surface area contributed by atoms with E-state index in [-0.39, 0.29) is 48.7 Å². The van der Waals surface area contributed by atoms with Crippen LogP contribution in [0.1, 0.15) is 71.0 Å². The zero-order chi connectivity index (χ0) is 53.7. The summed E-state index contributed by atoms with van der Waals surface area (Å²) >= 11 is 26.8. The van der Waals surface area contributed by atoms with Crippen LogP contribution in [0.25, 0.3) is 21.9 Å². The van der Waals surface area contributed by atoms with Crippen LogP contribution in [-0.2, 0) is 75.4 Å². The standard InChI is InChI=1S/C64H40O8S6/c65-59(69-33-37-17-5-1-6-18-37)63(60(66)70-34-38-19-7-2-8-20-38)41(29-47-53(73)43-25-13-14-26-44(43)54(47)74)30-50-51(63)52-58(78-50)57-49(32-42(77-57)31-48-55(75)45-27-15-16-28-46(45)56(48)76)64(52,61(67)71-35-39-21-9-3-10-22-39)62(68)72-36-40-23-11-4-12-24-40/h1-32H,33-36H2. The van der Waals surface area contributed by atoms with Gasteiger partial charge in [0.25, 0.3) is 0 Å². The molecule has 12 rings (SSSR count). The van der Waals surface area contributed by atoms with E-state index in [1.807, 2.05) is 127 Å². The topological polar surface area (TPSA) is 105 Å². The molecule has 8 aromatic rings. The largest absolute Gasteiger partial charge is 0.459 e. The minimum atomic E-state index is -2.52. The van der Waals surface area contributed by atoms with Crippen LogP contribution in [0.4, 0.5) is 0 Å². The second-order valence-corrected chi connectivity index (χ2v) is 22.6. The van der Waals surface area contributed by atoms with Gasteiger partial charge in [0.05, 0.1) is 29.2 Å². The average molecular weight is 1130 g/mol. The van der Waals surface area contributed by atoms with Crippen LogP contribution in [0.5, 0.6) is 0 Å². The lowest BCUT2D eigenvalue weighted by molar-refractivity contribution is -0.167. The molecule has 0 aliphatic heterocycles. The van der Waals surface area contributed by atoms with Crippen molar-refractivity contribution in [2.45, 2.75) is 37.3 Å². The molecular formula is C64H40O8S6. The molecule has 2 aromatic heterocycles. The molecular weight excluding hydrogens is 1090 g/mol. The lowest BCUT2D eigenvalue weighted by Gasteiger charge is -2.33. The molecule has 4 aliphatic carbocycles. The molecule has 0 bridgehead atoms. The van der Waals surface area contributed by atoms with Crippen LogP contribution in [-0.4, -0.2) is 43.3 Å². The number of carbonyl (C=O) groups is 4. The van der Waals surface area contributed by atoms with Crippen LogP contribution >= 0.6 is 71.5 Å². The highest BCUT2D eigenvalue weighted by molar-refractivity contribution is 7.84. The number of ether oxygens (including phenoxy) is 4. The number of hydrogen-bond acceptors (Lipinski definition) is 14. The summed E-state index contributed by atoms with van der Waals surface area (Å²) in [5.74, 6) is -4.03. The Morgan fingerprint density at radius 3 is 1.14 bits per heavy atom. The lowest BCUT2D eigenvalue weighted by Crippen LogP contribution is -2.51. The van der Waals surface area contributed by atoms with E-state index >= 15 is 19.2 Å². The SMILES string of the molecule is O=C(OCc1ccccc1)C1(C(=O)OCc2ccccc2)C(C=C2C(=S)c3ccccc3C2=S)=Cc2sc3c(c21)C(C(=O)OCc1ccccc1)(C(=O)OCc1ccccc1)c1cc(C=C2C(=S)c4ccccc4C2=S)sc1-3. The number of benzene rings is 6. The third-order valence-corrected chi connectivity index (χ3v) is 18.4. The molecule has 6 aromatic carbocycles. The summed E-state index contributed by atoms with van der Waals surface area (Å²) in [4.78, 5) is 68.3. The average Bonchev–Trinajstić information content (AvgIpc) is 2.95. The van der Waals surface area contributed by atoms with E-state index in [4.69, 9.17) is 67.8 Å². The minimum absolute atomic E-state index is 0.0167. The van der Waals surface area contributed by atoms with Crippen molar-refractivity contribution < 1.29 is 38.1 Å². The zero-order valence-electron chi connectivity index (χ0n) is 41.0. The Balaban J connectivity index is 1.12. The molecule has 0 spiro atoms. The summed E-state index contributed by atoms with van der Waals surface area (Å²) in [7, 11) is 0. The van der Waals surface area contributed by atoms with Gasteiger partial charge in [-0.1, -0.05) is 219 Å². The lowest BCUT2D eigenvalue weighted by atomic mass is 9.69. The second kappa shape index (κ2) is 20.9. The van der Waals surface area contributed by atoms with Gasteiger partial charge >= 0.3 is 23.9 Å². The van der Waals surface area contributed by atoms with E-state index < -0.39 is 34.7 Å². The Morgan fingerprint density at radius 2 is 0.756 bits per heavy atom. The van der Waals surface area contributed by atoms with Crippen molar-refractivity contribution in [1.29, 1.82) is 0 Å². The number of hydrogen-bond donors (Lipinski definition) is 0. The molecule has 8 nitrogen and oxygen atoms in total. The van der Waals surface area contributed by atoms with Gasteiger partial charge in [-0.25, -0.2) is 0 Å². The quantitative estimate of drug-likeness (QED) is 0.0340. The van der Waals surface area contributed by atoms with Gasteiger partial charge in [-0.3, -0.25) is 19.2 Å². The maximum atomic E-state index is 16.1. The summed E-state index contributed by atoms with van der Waals surface area (Å²) in [5, 5.41) is 0. The number of fused-ring (bicyclic) bond motifs is 7. The van der Waals surface area contributed by atoms with Crippen molar-refractivity contribution in [1.82, 2.24) is 0 Å². The monoisotopic (exact) mass is 1130 g/mol. The van der Waals surface area contributed by atoms with Gasteiger partial charge in [-0.15, -0.1) is 22.7 Å². The number of esters is 4. The highest BCUT2D eigenvalue weighted by Gasteiger charge is 2.68. The second-order valence-electron chi connectivity index (χ2n) is 18.8. The summed E-state index contributed by atoms with van der Waals surface area (Å²) in [6.07, 6.45) is 5.25. The molecule has 0 unspecified atom stereocenters. The number of thiophene rings is 2. The number of allylic oxidation sites excluding steroid dienone is 3. The predicted octanol–water partition coefficient (Wildman–Crippen LogP) is 13.3. The van der Waals surface area contributed by atoms with Crippen molar-refractivity contribution >= 4 is 127 Å². The molecule has 0 saturated heterocycles. The molecule has 380 valence electrons. The Kier molecular flexibility index (Phi) is 13.6. The van der Waals surface area contributed by atoms with Gasteiger partial charge in [0.2, 0.25) is 10.8 Å². The van der Waals surface area contributed by atoms with Crippen LogP contribution in [0.15, 0.2) is 199 Å². The Labute approximate surface area is 478 Å². The Bertz CT molecular complexity index is 3780. The molecule has 78 heavy (non-hydrogen) atoms. The zero-order valence-corrected chi connectivity index (χ0v) is 45.9. The van der Waals surface area contributed by atoms with Crippen molar-refractivity contribution in [2.24, 2.45) is 0 Å². The van der Waals surface area contributed by atoms with Crippen LogP contribution in [0.3, 0.4) is 0 Å². The van der Waals surface area contributed by atoms with Crippen LogP contribution in [0, 0.1) is 0 Å². The van der Waals surface area contributed by atoms with Crippen molar-refractivity contribution in [3.8, 4) is 9.75 Å². The number of thiocarbonyl (C=S) groups is 4. The van der Waals surface area contributed by atoms with E-state index in [0.717, 1.165) is 22.3 Å². The summed E-state index contributed by atoms with van der Waals surface area (Å²) in [6, 6.07) is 53.2. The van der Waals surface area contributed by atoms with E-state index in [1.165, 1.54) is 22.7 Å². The Morgan fingerprint density at radius 1 is 0.410 bits per heavy atom. The molecule has 0 radical (unpaired) electrons. The van der Waals surface area contributed by atoms with Crippen molar-refractivity contribution in [3.63, 3.8) is 0 Å². The fourth-order valence-corrected chi connectivity index (χ4v) is 14.7. The molecule has 0 amide bonds. The third kappa shape index (κ3) is 8.51. The van der Waals surface area contributed by atoms with E-state index in [1.54, 1.807) is 66.7 Å². The molecule has 2 heterocycles. The van der Waals surface area contributed by atoms with Crippen molar-refractivity contribution in [2.75, 3.05) is 0 Å². The molecule has 0 fully saturated rings.